The van der Waals surface area contributed by atoms with Gasteiger partial charge < -0.3 is 5.11 Å². The molecule has 4 nitrogen and oxygen atoms in total. The molecule has 1 atom stereocenters. The number of aliphatic carboxylic acids is 1. The minimum atomic E-state index is -0.735. The lowest BCUT2D eigenvalue weighted by Crippen LogP contribution is -2.35. The summed E-state index contributed by atoms with van der Waals surface area (Å²) < 4.78 is 0. The number of carboxylic acids is 1. The Morgan fingerprint density at radius 3 is 2.83 bits per heavy atom. The molecule has 4 heteroatoms. The van der Waals surface area contributed by atoms with Gasteiger partial charge in [-0.15, -0.1) is 0 Å². The number of likely N-dealkylation sites (N-methyl/N-ethyl adjacent to an activating group) is 1. The van der Waals surface area contributed by atoms with Crippen LogP contribution >= 0.6 is 0 Å². The summed E-state index contributed by atoms with van der Waals surface area (Å²) in [5.41, 5.74) is 1.30. The van der Waals surface area contributed by atoms with Gasteiger partial charge in [0.2, 0.25) is 0 Å². The van der Waals surface area contributed by atoms with Gasteiger partial charge in [0, 0.05) is 25.7 Å². The maximum absolute atomic E-state index is 10.7. The number of carbonyl (C=O) groups is 1. The maximum Gasteiger partial charge on any atom is 0.317 e. The zero-order chi connectivity index (χ0) is 13.0. The fraction of sp³-hybridized carbons (Fsp3) is 0.500. The fourth-order valence-electron chi connectivity index (χ4n) is 2.51. The standard InChI is InChI=1S/C14H20N2O2/c1-15(9-12-5-3-2-4-6-12)13-7-8-16(10-13)11-14(17)18/h2-6,13H,7-11H2,1H3,(H,17,18)/t13-/m1/s1. The van der Waals surface area contributed by atoms with E-state index < -0.39 is 5.97 Å². The Bertz CT molecular complexity index is 394. The van der Waals surface area contributed by atoms with Crippen molar-refractivity contribution < 1.29 is 9.90 Å². The quantitative estimate of drug-likeness (QED) is 0.852. The first-order chi connectivity index (χ1) is 8.65. The third-order valence-corrected chi connectivity index (χ3v) is 3.50. The molecule has 98 valence electrons. The van der Waals surface area contributed by atoms with Crippen LogP contribution in [-0.2, 0) is 11.3 Å². The summed E-state index contributed by atoms with van der Waals surface area (Å²) in [6.45, 7) is 2.83. The first-order valence-corrected chi connectivity index (χ1v) is 6.33. The molecule has 1 aliphatic rings. The summed E-state index contributed by atoms with van der Waals surface area (Å²) in [5.74, 6) is -0.735. The van der Waals surface area contributed by atoms with Crippen LogP contribution in [0.4, 0.5) is 0 Å². The molecule has 1 aromatic rings. The van der Waals surface area contributed by atoms with Gasteiger partial charge in [-0.25, -0.2) is 0 Å². The number of rotatable bonds is 5. The normalized spacial score (nSPS) is 20.4. The van der Waals surface area contributed by atoms with Gasteiger partial charge in [-0.1, -0.05) is 30.3 Å². The molecule has 1 heterocycles. The van der Waals surface area contributed by atoms with E-state index in [4.69, 9.17) is 5.11 Å². The molecule has 0 aliphatic carbocycles. The molecule has 0 saturated carbocycles. The number of hydrogen-bond donors (Lipinski definition) is 1. The second-order valence-corrected chi connectivity index (χ2v) is 4.97. The maximum atomic E-state index is 10.7. The topological polar surface area (TPSA) is 43.8 Å². The van der Waals surface area contributed by atoms with Crippen LogP contribution in [0.5, 0.6) is 0 Å². The number of carboxylic acid groups (broad SMARTS) is 1. The van der Waals surface area contributed by atoms with E-state index in [2.05, 4.69) is 36.2 Å². The first kappa shape index (κ1) is 13.1. The Kier molecular flexibility index (Phi) is 4.33. The van der Waals surface area contributed by atoms with E-state index in [1.165, 1.54) is 5.56 Å². The van der Waals surface area contributed by atoms with E-state index in [1.54, 1.807) is 0 Å². The van der Waals surface area contributed by atoms with E-state index in [9.17, 15) is 4.79 Å². The summed E-state index contributed by atoms with van der Waals surface area (Å²) in [7, 11) is 2.11. The van der Waals surface area contributed by atoms with Crippen molar-refractivity contribution >= 4 is 5.97 Å². The van der Waals surface area contributed by atoms with Crippen LogP contribution in [0.25, 0.3) is 0 Å². The molecule has 1 aliphatic heterocycles. The molecule has 0 radical (unpaired) electrons. The van der Waals surface area contributed by atoms with Crippen LogP contribution in [0.2, 0.25) is 0 Å². The second-order valence-electron chi connectivity index (χ2n) is 4.97. The van der Waals surface area contributed by atoms with Gasteiger partial charge >= 0.3 is 5.97 Å². The van der Waals surface area contributed by atoms with Crippen LogP contribution in [-0.4, -0.2) is 53.6 Å². The lowest BCUT2D eigenvalue weighted by atomic mass is 10.1. The molecule has 18 heavy (non-hydrogen) atoms. The van der Waals surface area contributed by atoms with E-state index in [-0.39, 0.29) is 6.54 Å². The van der Waals surface area contributed by atoms with Crippen molar-refractivity contribution in [2.24, 2.45) is 0 Å². The molecule has 0 aromatic heterocycles. The van der Waals surface area contributed by atoms with Gasteiger partial charge in [0.15, 0.2) is 0 Å². The van der Waals surface area contributed by atoms with E-state index in [1.807, 2.05) is 11.0 Å². The summed E-state index contributed by atoms with van der Waals surface area (Å²) in [5, 5.41) is 8.78. The minimum Gasteiger partial charge on any atom is -0.480 e. The van der Waals surface area contributed by atoms with E-state index >= 15 is 0 Å². The Hall–Kier alpha value is -1.39. The third kappa shape index (κ3) is 3.55. The van der Waals surface area contributed by atoms with Gasteiger partial charge in [0.25, 0.3) is 0 Å². The van der Waals surface area contributed by atoms with Gasteiger partial charge in [-0.05, 0) is 19.0 Å². The fourth-order valence-corrected chi connectivity index (χ4v) is 2.51. The summed E-state index contributed by atoms with van der Waals surface area (Å²) >= 11 is 0. The zero-order valence-corrected chi connectivity index (χ0v) is 10.7. The lowest BCUT2D eigenvalue weighted by molar-refractivity contribution is -0.138. The van der Waals surface area contributed by atoms with Crippen molar-refractivity contribution in [3.63, 3.8) is 0 Å². The molecule has 1 saturated heterocycles. The van der Waals surface area contributed by atoms with Crippen LogP contribution in [0.15, 0.2) is 30.3 Å². The smallest absolute Gasteiger partial charge is 0.317 e. The average molecular weight is 248 g/mol. The molecule has 0 spiro atoms. The predicted octanol–water partition coefficient (Wildman–Crippen LogP) is 1.28. The molecule has 0 unspecified atom stereocenters. The summed E-state index contributed by atoms with van der Waals surface area (Å²) in [6.07, 6.45) is 1.05. The first-order valence-electron chi connectivity index (χ1n) is 6.33. The highest BCUT2D eigenvalue weighted by atomic mass is 16.4. The van der Waals surface area contributed by atoms with Crippen LogP contribution in [0, 0.1) is 0 Å². The third-order valence-electron chi connectivity index (χ3n) is 3.50. The second kappa shape index (κ2) is 5.98. The molecule has 1 N–H and O–H groups in total. The van der Waals surface area contributed by atoms with Crippen molar-refractivity contribution in [3.05, 3.63) is 35.9 Å². The number of benzene rings is 1. The van der Waals surface area contributed by atoms with Crippen LogP contribution in [0.1, 0.15) is 12.0 Å². The van der Waals surface area contributed by atoms with Gasteiger partial charge in [-0.2, -0.15) is 0 Å². The molecular formula is C14H20N2O2. The SMILES string of the molecule is CN(Cc1ccccc1)[C@@H]1CCN(CC(=O)O)C1. The molecular weight excluding hydrogens is 228 g/mol. The van der Waals surface area contributed by atoms with Gasteiger partial charge in [0.1, 0.15) is 0 Å². The van der Waals surface area contributed by atoms with E-state index in [0.29, 0.717) is 6.04 Å². The predicted molar refractivity (Wildman–Crippen MR) is 70.4 cm³/mol. The highest BCUT2D eigenvalue weighted by Crippen LogP contribution is 2.16. The van der Waals surface area contributed by atoms with Gasteiger partial charge in [0.05, 0.1) is 6.54 Å². The summed E-state index contributed by atoms with van der Waals surface area (Å²) in [4.78, 5) is 15.0. The Morgan fingerprint density at radius 1 is 1.44 bits per heavy atom. The molecule has 1 fully saturated rings. The largest absolute Gasteiger partial charge is 0.480 e. The Labute approximate surface area is 108 Å². The molecule has 0 amide bonds. The van der Waals surface area contributed by atoms with Crippen molar-refractivity contribution in [1.82, 2.24) is 9.80 Å². The Morgan fingerprint density at radius 2 is 2.17 bits per heavy atom. The number of likely N-dealkylation sites (tertiary alicyclic amines) is 1. The average Bonchev–Trinajstić information content (AvgIpc) is 2.78. The van der Waals surface area contributed by atoms with Crippen LogP contribution < -0.4 is 0 Å². The van der Waals surface area contributed by atoms with Crippen LogP contribution in [0.3, 0.4) is 0 Å². The minimum absolute atomic E-state index is 0.162. The zero-order valence-electron chi connectivity index (χ0n) is 10.7. The highest BCUT2D eigenvalue weighted by Gasteiger charge is 2.26. The number of nitrogens with zero attached hydrogens (tertiary/aromatic N) is 2. The highest BCUT2D eigenvalue weighted by molar-refractivity contribution is 5.69. The molecule has 0 bridgehead atoms. The molecule has 1 aromatic carbocycles. The Balaban J connectivity index is 1.84. The van der Waals surface area contributed by atoms with Crippen molar-refractivity contribution in [2.75, 3.05) is 26.7 Å². The lowest BCUT2D eigenvalue weighted by Gasteiger charge is -2.24. The number of hydrogen-bond acceptors (Lipinski definition) is 3. The molecule has 2 rings (SSSR count). The summed E-state index contributed by atoms with van der Waals surface area (Å²) in [6, 6.07) is 10.8. The van der Waals surface area contributed by atoms with Crippen molar-refractivity contribution in [3.8, 4) is 0 Å². The monoisotopic (exact) mass is 248 g/mol. The van der Waals surface area contributed by atoms with E-state index in [0.717, 1.165) is 26.1 Å². The van der Waals surface area contributed by atoms with Gasteiger partial charge in [-0.3, -0.25) is 14.6 Å². The van der Waals surface area contributed by atoms with Crippen molar-refractivity contribution in [1.29, 1.82) is 0 Å². The van der Waals surface area contributed by atoms with Crippen molar-refractivity contribution in [2.45, 2.75) is 19.0 Å².